The van der Waals surface area contributed by atoms with Gasteiger partial charge in [0.1, 0.15) is 5.82 Å². The van der Waals surface area contributed by atoms with Crippen molar-refractivity contribution in [2.24, 2.45) is 5.92 Å². The lowest BCUT2D eigenvalue weighted by Gasteiger charge is -2.03. The van der Waals surface area contributed by atoms with E-state index in [9.17, 15) is 4.39 Å². The third-order valence-electron chi connectivity index (χ3n) is 2.95. The molecule has 16 heavy (non-hydrogen) atoms. The van der Waals surface area contributed by atoms with Crippen LogP contribution < -0.4 is 0 Å². The average molecular weight is 301 g/mol. The number of benzene rings is 1. The lowest BCUT2D eigenvalue weighted by molar-refractivity contribution is 0.614. The topological polar surface area (TPSA) is 20.7 Å². The standard InChI is InChI=1S/C11H10BrFN2S/c12-7-3-9-10(4-8(7)13)15(11(16)14-9)5-6-1-2-6/h3-4,6H,1-2,5H2,(H,14,16). The first-order valence-electron chi connectivity index (χ1n) is 5.22. The highest BCUT2D eigenvalue weighted by atomic mass is 79.9. The van der Waals surface area contributed by atoms with E-state index in [1.165, 1.54) is 18.9 Å². The molecule has 0 unspecified atom stereocenters. The zero-order valence-electron chi connectivity index (χ0n) is 8.46. The van der Waals surface area contributed by atoms with Crippen LogP contribution in [0.4, 0.5) is 4.39 Å². The quantitative estimate of drug-likeness (QED) is 0.831. The summed E-state index contributed by atoms with van der Waals surface area (Å²) in [6.45, 7) is 0.903. The van der Waals surface area contributed by atoms with Gasteiger partial charge in [-0.1, -0.05) is 0 Å². The van der Waals surface area contributed by atoms with Crippen molar-refractivity contribution in [1.29, 1.82) is 0 Å². The van der Waals surface area contributed by atoms with Gasteiger partial charge in [0.05, 0.1) is 15.5 Å². The summed E-state index contributed by atoms with van der Waals surface area (Å²) in [4.78, 5) is 3.11. The first-order valence-corrected chi connectivity index (χ1v) is 6.43. The van der Waals surface area contributed by atoms with E-state index in [0.29, 0.717) is 9.24 Å². The van der Waals surface area contributed by atoms with Crippen LogP contribution in [0.25, 0.3) is 11.0 Å². The summed E-state index contributed by atoms with van der Waals surface area (Å²) >= 11 is 8.43. The molecule has 1 aromatic carbocycles. The van der Waals surface area contributed by atoms with Gasteiger partial charge in [0.25, 0.3) is 0 Å². The van der Waals surface area contributed by atoms with Gasteiger partial charge in [-0.25, -0.2) is 4.39 Å². The molecule has 3 rings (SSSR count). The number of halogens is 2. The third kappa shape index (κ3) is 1.72. The van der Waals surface area contributed by atoms with Gasteiger partial charge in [0.2, 0.25) is 0 Å². The number of hydrogen-bond donors (Lipinski definition) is 1. The molecule has 0 spiro atoms. The highest BCUT2D eigenvalue weighted by Crippen LogP contribution is 2.32. The number of nitrogens with one attached hydrogen (secondary N) is 1. The maximum absolute atomic E-state index is 13.5. The van der Waals surface area contributed by atoms with Crippen molar-refractivity contribution in [3.05, 3.63) is 27.2 Å². The molecule has 0 aliphatic heterocycles. The second kappa shape index (κ2) is 3.67. The van der Waals surface area contributed by atoms with Crippen molar-refractivity contribution < 1.29 is 4.39 Å². The first-order chi connectivity index (χ1) is 7.65. The minimum absolute atomic E-state index is 0.244. The summed E-state index contributed by atoms with van der Waals surface area (Å²) in [5, 5.41) is 0. The third-order valence-corrected chi connectivity index (χ3v) is 3.88. The number of nitrogens with zero attached hydrogens (tertiary/aromatic N) is 1. The number of aromatic amines is 1. The fourth-order valence-electron chi connectivity index (χ4n) is 1.89. The lowest BCUT2D eigenvalue weighted by atomic mass is 10.3. The molecule has 1 aliphatic carbocycles. The molecule has 0 bridgehead atoms. The zero-order valence-corrected chi connectivity index (χ0v) is 10.9. The Hall–Kier alpha value is -0.680. The van der Waals surface area contributed by atoms with Crippen LogP contribution in [-0.4, -0.2) is 9.55 Å². The summed E-state index contributed by atoms with van der Waals surface area (Å²) < 4.78 is 16.6. The molecule has 2 nitrogen and oxygen atoms in total. The Bertz CT molecular complexity index is 612. The lowest BCUT2D eigenvalue weighted by Crippen LogP contribution is -1.99. The molecule has 1 fully saturated rings. The maximum Gasteiger partial charge on any atom is 0.178 e. The Morgan fingerprint density at radius 2 is 2.25 bits per heavy atom. The Balaban J connectivity index is 2.21. The highest BCUT2D eigenvalue weighted by molar-refractivity contribution is 9.10. The van der Waals surface area contributed by atoms with Gasteiger partial charge < -0.3 is 9.55 Å². The SMILES string of the molecule is Fc1cc2c(cc1Br)[nH]c(=S)n2CC1CC1. The van der Waals surface area contributed by atoms with Gasteiger partial charge in [-0.3, -0.25) is 0 Å². The zero-order chi connectivity index (χ0) is 11.3. The minimum atomic E-state index is -0.244. The Morgan fingerprint density at radius 1 is 1.50 bits per heavy atom. The Labute approximate surface area is 106 Å². The second-order valence-electron chi connectivity index (χ2n) is 4.27. The van der Waals surface area contributed by atoms with Crippen molar-refractivity contribution in [2.75, 3.05) is 0 Å². The number of H-pyrrole nitrogens is 1. The smallest absolute Gasteiger partial charge is 0.178 e. The minimum Gasteiger partial charge on any atom is -0.331 e. The van der Waals surface area contributed by atoms with Crippen molar-refractivity contribution in [3.8, 4) is 0 Å². The van der Waals surface area contributed by atoms with Crippen LogP contribution in [0.1, 0.15) is 12.8 Å². The van der Waals surface area contributed by atoms with Gasteiger partial charge >= 0.3 is 0 Å². The molecular weight excluding hydrogens is 291 g/mol. The first kappa shape index (κ1) is 10.5. The van der Waals surface area contributed by atoms with E-state index in [-0.39, 0.29) is 5.82 Å². The van der Waals surface area contributed by atoms with Crippen LogP contribution in [-0.2, 0) is 6.54 Å². The highest BCUT2D eigenvalue weighted by Gasteiger charge is 2.23. The van der Waals surface area contributed by atoms with E-state index in [1.807, 2.05) is 4.57 Å². The summed E-state index contributed by atoms with van der Waals surface area (Å²) in [6.07, 6.45) is 2.51. The van der Waals surface area contributed by atoms with Crippen LogP contribution in [0.15, 0.2) is 16.6 Å². The van der Waals surface area contributed by atoms with E-state index in [1.54, 1.807) is 6.07 Å². The van der Waals surface area contributed by atoms with Gasteiger partial charge in [-0.05, 0) is 53.0 Å². The Kier molecular flexibility index (Phi) is 2.40. The van der Waals surface area contributed by atoms with Crippen molar-refractivity contribution in [1.82, 2.24) is 9.55 Å². The van der Waals surface area contributed by atoms with Crippen LogP contribution >= 0.6 is 28.1 Å². The monoisotopic (exact) mass is 300 g/mol. The number of hydrogen-bond acceptors (Lipinski definition) is 1. The summed E-state index contributed by atoms with van der Waals surface area (Å²) in [5.41, 5.74) is 1.75. The predicted octanol–water partition coefficient (Wildman–Crippen LogP) is 4.01. The molecule has 1 heterocycles. The molecule has 1 aliphatic rings. The number of imidazole rings is 1. The van der Waals surface area contributed by atoms with E-state index in [2.05, 4.69) is 20.9 Å². The molecule has 0 amide bonds. The molecule has 1 aromatic heterocycles. The number of fused-ring (bicyclic) bond motifs is 1. The molecule has 2 aromatic rings. The summed E-state index contributed by atoms with van der Waals surface area (Å²) in [6, 6.07) is 3.28. The largest absolute Gasteiger partial charge is 0.331 e. The van der Waals surface area contributed by atoms with Crippen molar-refractivity contribution >= 4 is 39.2 Å². The Morgan fingerprint density at radius 3 is 2.94 bits per heavy atom. The van der Waals surface area contributed by atoms with Crippen molar-refractivity contribution in [2.45, 2.75) is 19.4 Å². The van der Waals surface area contributed by atoms with Gasteiger partial charge in [-0.15, -0.1) is 0 Å². The van der Waals surface area contributed by atoms with Crippen LogP contribution in [0.2, 0.25) is 0 Å². The summed E-state index contributed by atoms with van der Waals surface area (Å²) in [5.74, 6) is 0.475. The van der Waals surface area contributed by atoms with Crippen LogP contribution in [0.5, 0.6) is 0 Å². The van der Waals surface area contributed by atoms with Crippen LogP contribution in [0, 0.1) is 16.5 Å². The van der Waals surface area contributed by atoms with E-state index >= 15 is 0 Å². The fourth-order valence-corrected chi connectivity index (χ4v) is 2.52. The van der Waals surface area contributed by atoms with E-state index < -0.39 is 0 Å². The van der Waals surface area contributed by atoms with Gasteiger partial charge in [0.15, 0.2) is 4.77 Å². The predicted molar refractivity (Wildman–Crippen MR) is 67.5 cm³/mol. The molecule has 1 saturated carbocycles. The van der Waals surface area contributed by atoms with Crippen LogP contribution in [0.3, 0.4) is 0 Å². The molecule has 5 heteroatoms. The summed E-state index contributed by atoms with van der Waals surface area (Å²) in [7, 11) is 0. The average Bonchev–Trinajstić information content (AvgIpc) is 2.99. The molecule has 1 N–H and O–H groups in total. The molecule has 84 valence electrons. The van der Waals surface area contributed by atoms with Gasteiger partial charge in [0, 0.05) is 12.6 Å². The maximum atomic E-state index is 13.5. The second-order valence-corrected chi connectivity index (χ2v) is 5.51. The molecule has 0 atom stereocenters. The van der Waals surface area contributed by atoms with E-state index in [4.69, 9.17) is 12.2 Å². The van der Waals surface area contributed by atoms with Gasteiger partial charge in [-0.2, -0.15) is 0 Å². The molecule has 0 saturated heterocycles. The van der Waals surface area contributed by atoms with E-state index in [0.717, 1.165) is 23.5 Å². The normalized spacial score (nSPS) is 15.9. The molecule has 0 radical (unpaired) electrons. The number of aromatic nitrogens is 2. The fraction of sp³-hybridized carbons (Fsp3) is 0.364. The van der Waals surface area contributed by atoms with Crippen molar-refractivity contribution in [3.63, 3.8) is 0 Å². The molecular formula is C11H10BrFN2S. The number of rotatable bonds is 2.